The van der Waals surface area contributed by atoms with Gasteiger partial charge in [0.05, 0.1) is 5.56 Å². The zero-order valence-corrected chi connectivity index (χ0v) is 9.59. The largest absolute Gasteiger partial charge is 0.417 e. The molecule has 1 aromatic rings. The van der Waals surface area contributed by atoms with Gasteiger partial charge in [-0.05, 0) is 31.4 Å². The van der Waals surface area contributed by atoms with E-state index in [1.54, 1.807) is 0 Å². The maximum atomic E-state index is 12.3. The van der Waals surface area contributed by atoms with Crippen molar-refractivity contribution in [3.05, 3.63) is 23.9 Å². The van der Waals surface area contributed by atoms with Gasteiger partial charge in [-0.2, -0.15) is 13.2 Å². The minimum Gasteiger partial charge on any atom is -0.368 e. The van der Waals surface area contributed by atoms with E-state index in [1.807, 2.05) is 6.92 Å². The third-order valence-corrected chi connectivity index (χ3v) is 2.87. The summed E-state index contributed by atoms with van der Waals surface area (Å²) in [5.74, 6) is 1.29. The number of pyridine rings is 1. The summed E-state index contributed by atoms with van der Waals surface area (Å²) >= 11 is 0. The van der Waals surface area contributed by atoms with Gasteiger partial charge in [-0.15, -0.1) is 0 Å². The molecular weight excluding hydrogens is 229 g/mol. The first-order valence-electron chi connectivity index (χ1n) is 5.75. The van der Waals surface area contributed by atoms with Crippen LogP contribution in [0.2, 0.25) is 0 Å². The second-order valence-electron chi connectivity index (χ2n) is 4.65. The first-order valence-corrected chi connectivity index (χ1v) is 5.75. The fraction of sp³-hybridized carbons (Fsp3) is 0.583. The lowest BCUT2D eigenvalue weighted by Gasteiger charge is -2.14. The lowest BCUT2D eigenvalue weighted by molar-refractivity contribution is -0.137. The van der Waals surface area contributed by atoms with Crippen LogP contribution in [0.3, 0.4) is 0 Å². The molecule has 5 heteroatoms. The van der Waals surface area contributed by atoms with Gasteiger partial charge >= 0.3 is 6.18 Å². The zero-order chi connectivity index (χ0) is 12.5. The minimum atomic E-state index is -4.31. The van der Waals surface area contributed by atoms with Gasteiger partial charge in [0.25, 0.3) is 0 Å². The van der Waals surface area contributed by atoms with E-state index in [2.05, 4.69) is 10.3 Å². The molecule has 17 heavy (non-hydrogen) atoms. The third kappa shape index (κ3) is 3.61. The van der Waals surface area contributed by atoms with E-state index < -0.39 is 11.7 Å². The van der Waals surface area contributed by atoms with Crippen LogP contribution in [0, 0.1) is 5.92 Å². The maximum absolute atomic E-state index is 12.3. The van der Waals surface area contributed by atoms with Crippen molar-refractivity contribution in [1.82, 2.24) is 4.98 Å². The summed E-state index contributed by atoms with van der Waals surface area (Å²) in [4.78, 5) is 3.78. The van der Waals surface area contributed by atoms with Crippen molar-refractivity contribution in [1.29, 1.82) is 0 Å². The smallest absolute Gasteiger partial charge is 0.368 e. The number of hydrogen-bond acceptors (Lipinski definition) is 2. The van der Waals surface area contributed by atoms with Crippen molar-refractivity contribution in [2.45, 2.75) is 38.4 Å². The lowest BCUT2D eigenvalue weighted by atomic mass is 10.1. The average Bonchev–Trinajstić information content (AvgIpc) is 3.01. The van der Waals surface area contributed by atoms with E-state index in [-0.39, 0.29) is 6.04 Å². The van der Waals surface area contributed by atoms with Crippen LogP contribution in [0.4, 0.5) is 19.0 Å². The van der Waals surface area contributed by atoms with Crippen molar-refractivity contribution in [3.63, 3.8) is 0 Å². The monoisotopic (exact) mass is 244 g/mol. The van der Waals surface area contributed by atoms with Gasteiger partial charge in [-0.25, -0.2) is 4.98 Å². The Morgan fingerprint density at radius 1 is 1.41 bits per heavy atom. The number of anilines is 1. The van der Waals surface area contributed by atoms with E-state index in [9.17, 15) is 13.2 Å². The standard InChI is InChI=1S/C12H15F3N2/c1-8(6-9-2-3-9)17-11-5-4-10(7-16-11)12(13,14)15/h4-5,7-9H,2-3,6H2,1H3,(H,16,17). The first kappa shape index (κ1) is 12.2. The number of nitrogens with one attached hydrogen (secondary N) is 1. The number of halogens is 3. The molecule has 1 saturated carbocycles. The van der Waals surface area contributed by atoms with Crippen LogP contribution in [-0.4, -0.2) is 11.0 Å². The molecule has 1 aliphatic rings. The van der Waals surface area contributed by atoms with Crippen molar-refractivity contribution in [2.24, 2.45) is 5.92 Å². The average molecular weight is 244 g/mol. The number of hydrogen-bond donors (Lipinski definition) is 1. The number of rotatable bonds is 4. The molecule has 1 fully saturated rings. The molecular formula is C12H15F3N2. The zero-order valence-electron chi connectivity index (χ0n) is 9.59. The maximum Gasteiger partial charge on any atom is 0.417 e. The van der Waals surface area contributed by atoms with Crippen LogP contribution in [-0.2, 0) is 6.18 Å². The third-order valence-electron chi connectivity index (χ3n) is 2.87. The molecule has 1 aliphatic carbocycles. The minimum absolute atomic E-state index is 0.256. The van der Waals surface area contributed by atoms with Crippen molar-refractivity contribution in [2.75, 3.05) is 5.32 Å². The molecule has 0 saturated heterocycles. The molecule has 0 radical (unpaired) electrons. The highest BCUT2D eigenvalue weighted by Gasteiger charge is 2.30. The highest BCUT2D eigenvalue weighted by Crippen LogP contribution is 2.34. The van der Waals surface area contributed by atoms with Gasteiger partial charge in [0, 0.05) is 12.2 Å². The van der Waals surface area contributed by atoms with Crippen LogP contribution in [0.15, 0.2) is 18.3 Å². The molecule has 0 aromatic carbocycles. The summed E-state index contributed by atoms with van der Waals surface area (Å²) < 4.78 is 36.9. The molecule has 1 heterocycles. The van der Waals surface area contributed by atoms with Crippen LogP contribution in [0.5, 0.6) is 0 Å². The fourth-order valence-corrected chi connectivity index (χ4v) is 1.81. The van der Waals surface area contributed by atoms with Gasteiger partial charge in [-0.1, -0.05) is 12.8 Å². The van der Waals surface area contributed by atoms with Gasteiger partial charge < -0.3 is 5.32 Å². The molecule has 0 spiro atoms. The van der Waals surface area contributed by atoms with Crippen LogP contribution >= 0.6 is 0 Å². The van der Waals surface area contributed by atoms with E-state index in [0.717, 1.165) is 24.6 Å². The molecule has 1 N–H and O–H groups in total. The summed E-state index contributed by atoms with van der Waals surface area (Å²) in [5.41, 5.74) is -0.710. The molecule has 1 atom stereocenters. The molecule has 0 bridgehead atoms. The Morgan fingerprint density at radius 3 is 2.59 bits per heavy atom. The summed E-state index contributed by atoms with van der Waals surface area (Å²) in [5, 5.41) is 3.11. The summed E-state index contributed by atoms with van der Waals surface area (Å²) in [6, 6.07) is 2.69. The second kappa shape index (κ2) is 4.55. The highest BCUT2D eigenvalue weighted by molar-refractivity contribution is 5.37. The summed E-state index contributed by atoms with van der Waals surface area (Å²) in [6.45, 7) is 2.03. The van der Waals surface area contributed by atoms with Crippen molar-refractivity contribution in [3.8, 4) is 0 Å². The molecule has 0 amide bonds. The van der Waals surface area contributed by atoms with Crippen LogP contribution < -0.4 is 5.32 Å². The van der Waals surface area contributed by atoms with Gasteiger partial charge in [-0.3, -0.25) is 0 Å². The Balaban J connectivity index is 1.92. The van der Waals surface area contributed by atoms with Gasteiger partial charge in [0.15, 0.2) is 0 Å². The van der Waals surface area contributed by atoms with Crippen LogP contribution in [0.25, 0.3) is 0 Å². The van der Waals surface area contributed by atoms with E-state index in [0.29, 0.717) is 5.82 Å². The molecule has 94 valence electrons. The Morgan fingerprint density at radius 2 is 2.12 bits per heavy atom. The van der Waals surface area contributed by atoms with E-state index in [1.165, 1.54) is 18.9 Å². The Bertz CT molecular complexity index is 368. The summed E-state index contributed by atoms with van der Waals surface area (Å²) in [7, 11) is 0. The lowest BCUT2D eigenvalue weighted by Crippen LogP contribution is -2.17. The second-order valence-corrected chi connectivity index (χ2v) is 4.65. The highest BCUT2D eigenvalue weighted by atomic mass is 19.4. The number of nitrogens with zero attached hydrogens (tertiary/aromatic N) is 1. The molecule has 0 aliphatic heterocycles. The first-order chi connectivity index (χ1) is 7.95. The number of alkyl halides is 3. The Hall–Kier alpha value is -1.26. The van der Waals surface area contributed by atoms with Crippen molar-refractivity contribution >= 4 is 5.82 Å². The predicted octanol–water partition coefficient (Wildman–Crippen LogP) is 3.70. The predicted molar refractivity (Wildman–Crippen MR) is 59.7 cm³/mol. The van der Waals surface area contributed by atoms with E-state index in [4.69, 9.17) is 0 Å². The normalized spacial score (nSPS) is 17.9. The Labute approximate surface area is 98.2 Å². The quantitative estimate of drug-likeness (QED) is 0.873. The SMILES string of the molecule is CC(CC1CC1)Nc1ccc(C(F)(F)F)cn1. The van der Waals surface area contributed by atoms with E-state index >= 15 is 0 Å². The molecule has 1 unspecified atom stereocenters. The molecule has 1 aromatic heterocycles. The topological polar surface area (TPSA) is 24.9 Å². The number of aromatic nitrogens is 1. The summed E-state index contributed by atoms with van der Waals surface area (Å²) in [6.07, 6.45) is 0.152. The van der Waals surface area contributed by atoms with Gasteiger partial charge in [0.1, 0.15) is 5.82 Å². The molecule has 2 nitrogen and oxygen atoms in total. The Kier molecular flexibility index (Phi) is 3.26. The van der Waals surface area contributed by atoms with Crippen LogP contribution in [0.1, 0.15) is 31.7 Å². The van der Waals surface area contributed by atoms with Crippen molar-refractivity contribution < 1.29 is 13.2 Å². The van der Waals surface area contributed by atoms with Gasteiger partial charge in [0.2, 0.25) is 0 Å². The molecule has 2 rings (SSSR count). The fourth-order valence-electron chi connectivity index (χ4n) is 1.81.